The van der Waals surface area contributed by atoms with Crippen molar-refractivity contribution < 1.29 is 18.1 Å². The second-order valence-electron chi connectivity index (χ2n) is 6.61. The molecule has 0 spiro atoms. The van der Waals surface area contributed by atoms with Crippen LogP contribution in [-0.2, 0) is 0 Å². The summed E-state index contributed by atoms with van der Waals surface area (Å²) in [5.74, 6) is -0.436. The Balaban J connectivity index is 1.83. The van der Waals surface area contributed by atoms with E-state index < -0.39 is 17.7 Å². The van der Waals surface area contributed by atoms with Gasteiger partial charge in [-0.25, -0.2) is 13.6 Å². The maximum Gasteiger partial charge on any atom is 0.322 e. The van der Waals surface area contributed by atoms with Crippen molar-refractivity contribution in [3.05, 3.63) is 77.3 Å². The average molecular weight is 396 g/mol. The van der Waals surface area contributed by atoms with E-state index in [1.54, 1.807) is 31.2 Å². The number of hydrogen-bond donors (Lipinski definition) is 1. The van der Waals surface area contributed by atoms with Gasteiger partial charge in [-0.3, -0.25) is 4.90 Å². The molecule has 6 nitrogen and oxygen atoms in total. The molecule has 0 saturated heterocycles. The number of allylic oxidation sites excluding steroid dienone is 1. The molecule has 0 fully saturated rings. The Kier molecular flexibility index (Phi) is 4.84. The summed E-state index contributed by atoms with van der Waals surface area (Å²) in [6, 6.07) is 10.9. The van der Waals surface area contributed by atoms with E-state index >= 15 is 0 Å². The van der Waals surface area contributed by atoms with Gasteiger partial charge in [0.05, 0.1) is 11.6 Å². The van der Waals surface area contributed by atoms with Gasteiger partial charge in [0.1, 0.15) is 11.6 Å². The number of nitrogens with zero attached hydrogens (tertiary/aromatic N) is 3. The number of carbonyl (C=O) groups excluding carboxylic acids is 1. The van der Waals surface area contributed by atoms with E-state index in [2.05, 4.69) is 15.5 Å². The van der Waals surface area contributed by atoms with Gasteiger partial charge in [-0.05, 0) is 43.7 Å². The molecule has 1 N–H and O–H groups in total. The highest BCUT2D eigenvalue weighted by Gasteiger charge is 2.35. The van der Waals surface area contributed by atoms with Crippen LogP contribution in [0.25, 0.3) is 17.0 Å². The third kappa shape index (κ3) is 3.49. The average Bonchev–Trinajstić information content (AvgIpc) is 3.17. The summed E-state index contributed by atoms with van der Waals surface area (Å²) < 4.78 is 32.8. The van der Waals surface area contributed by atoms with Crippen LogP contribution < -0.4 is 5.32 Å². The van der Waals surface area contributed by atoms with Crippen molar-refractivity contribution in [1.29, 1.82) is 0 Å². The fraction of sp³-hybridized carbons (Fsp3) is 0.190. The Bertz CT molecular complexity index is 1110. The molecule has 4 rings (SSSR count). The predicted molar refractivity (Wildman–Crippen MR) is 102 cm³/mol. The maximum absolute atomic E-state index is 13.8. The number of urea groups is 1. The molecule has 0 bridgehead atoms. The molecule has 2 aromatic carbocycles. The van der Waals surface area contributed by atoms with Crippen LogP contribution in [0, 0.1) is 11.6 Å². The van der Waals surface area contributed by atoms with Crippen LogP contribution in [0.3, 0.4) is 0 Å². The number of hydrogen-bond acceptors (Lipinski definition) is 4. The van der Waals surface area contributed by atoms with Gasteiger partial charge in [0.15, 0.2) is 0 Å². The molecule has 8 heteroatoms. The van der Waals surface area contributed by atoms with Crippen molar-refractivity contribution in [1.82, 2.24) is 20.4 Å². The first-order valence-electron chi connectivity index (χ1n) is 9.12. The van der Waals surface area contributed by atoms with Gasteiger partial charge in [-0.2, -0.15) is 4.98 Å². The molecule has 1 atom stereocenters. The van der Waals surface area contributed by atoms with Gasteiger partial charge in [0.2, 0.25) is 5.82 Å². The maximum atomic E-state index is 13.8. The van der Waals surface area contributed by atoms with Crippen LogP contribution in [0.1, 0.15) is 31.3 Å². The van der Waals surface area contributed by atoms with E-state index in [1.165, 1.54) is 29.2 Å². The Morgan fingerprint density at radius 3 is 2.55 bits per heavy atom. The normalized spacial score (nSPS) is 16.9. The first-order chi connectivity index (χ1) is 14.0. The Morgan fingerprint density at radius 2 is 1.86 bits per heavy atom. The summed E-state index contributed by atoms with van der Waals surface area (Å²) in [5, 5.41) is 6.83. The van der Waals surface area contributed by atoms with Gasteiger partial charge in [-0.15, -0.1) is 0 Å². The highest BCUT2D eigenvalue weighted by atomic mass is 19.1. The van der Waals surface area contributed by atoms with E-state index in [4.69, 9.17) is 4.52 Å². The number of rotatable bonds is 4. The number of nitrogens with one attached hydrogen (secondary N) is 1. The molecule has 0 aliphatic carbocycles. The molecule has 148 valence electrons. The van der Waals surface area contributed by atoms with Crippen LogP contribution in [-0.4, -0.2) is 27.6 Å². The van der Waals surface area contributed by atoms with Gasteiger partial charge in [-0.1, -0.05) is 29.4 Å². The monoisotopic (exact) mass is 396 g/mol. The van der Waals surface area contributed by atoms with Crippen LogP contribution in [0.4, 0.5) is 13.6 Å². The molecule has 0 saturated carbocycles. The lowest BCUT2D eigenvalue weighted by molar-refractivity contribution is 0.207. The standard InChI is InChI=1S/C21H18F2N4O2/c1-3-27-12(2)17(18(24-21(27)28)13-6-4-8-15(22)10-13)20-25-19(26-29-20)14-7-5-9-16(23)11-14/h4-11,18H,3H2,1-2H3,(H,24,28). The van der Waals surface area contributed by atoms with Crippen molar-refractivity contribution in [3.8, 4) is 11.4 Å². The van der Waals surface area contributed by atoms with E-state index in [0.29, 0.717) is 28.9 Å². The molecule has 1 unspecified atom stereocenters. The third-order valence-corrected chi connectivity index (χ3v) is 4.83. The Morgan fingerprint density at radius 1 is 1.14 bits per heavy atom. The minimum Gasteiger partial charge on any atom is -0.334 e. The summed E-state index contributed by atoms with van der Waals surface area (Å²) in [4.78, 5) is 18.5. The zero-order valence-electron chi connectivity index (χ0n) is 15.8. The number of carbonyl (C=O) groups is 1. The molecule has 1 aromatic heterocycles. The van der Waals surface area contributed by atoms with Crippen LogP contribution in [0.5, 0.6) is 0 Å². The summed E-state index contributed by atoms with van der Waals surface area (Å²) in [7, 11) is 0. The Hall–Kier alpha value is -3.55. The molecule has 3 aromatic rings. The van der Waals surface area contributed by atoms with Crippen molar-refractivity contribution in [2.24, 2.45) is 0 Å². The van der Waals surface area contributed by atoms with E-state index in [1.807, 2.05) is 6.92 Å². The number of benzene rings is 2. The second kappa shape index (κ2) is 7.46. The van der Waals surface area contributed by atoms with Crippen LogP contribution in [0.2, 0.25) is 0 Å². The summed E-state index contributed by atoms with van der Waals surface area (Å²) in [6.45, 7) is 4.05. The highest BCUT2D eigenvalue weighted by molar-refractivity contribution is 5.86. The first-order valence-corrected chi connectivity index (χ1v) is 9.12. The van der Waals surface area contributed by atoms with E-state index in [9.17, 15) is 13.6 Å². The lowest BCUT2D eigenvalue weighted by atomic mass is 9.94. The molecule has 1 aliphatic rings. The SMILES string of the molecule is CCN1C(=O)NC(c2cccc(F)c2)C(c2nc(-c3cccc(F)c3)no2)=C1C. The lowest BCUT2D eigenvalue weighted by Crippen LogP contribution is -2.45. The van der Waals surface area contributed by atoms with Crippen molar-refractivity contribution >= 4 is 11.6 Å². The van der Waals surface area contributed by atoms with Gasteiger partial charge in [0.25, 0.3) is 5.89 Å². The van der Waals surface area contributed by atoms with Crippen molar-refractivity contribution in [2.75, 3.05) is 6.54 Å². The van der Waals surface area contributed by atoms with Gasteiger partial charge >= 0.3 is 6.03 Å². The molecule has 29 heavy (non-hydrogen) atoms. The fourth-order valence-electron chi connectivity index (χ4n) is 3.45. The zero-order valence-corrected chi connectivity index (χ0v) is 15.8. The Labute approximate surface area is 165 Å². The van der Waals surface area contributed by atoms with E-state index in [-0.39, 0.29) is 17.7 Å². The summed E-state index contributed by atoms with van der Waals surface area (Å²) >= 11 is 0. The molecule has 2 amide bonds. The van der Waals surface area contributed by atoms with Crippen LogP contribution >= 0.6 is 0 Å². The summed E-state index contributed by atoms with van der Waals surface area (Å²) in [6.07, 6.45) is 0. The molecule has 2 heterocycles. The molecular formula is C21H18F2N4O2. The van der Waals surface area contributed by atoms with Crippen molar-refractivity contribution in [3.63, 3.8) is 0 Å². The number of amides is 2. The van der Waals surface area contributed by atoms with Crippen LogP contribution in [0.15, 0.2) is 58.8 Å². The number of halogens is 2. The first kappa shape index (κ1) is 18.8. The number of aromatic nitrogens is 2. The van der Waals surface area contributed by atoms with E-state index in [0.717, 1.165) is 0 Å². The minimum absolute atomic E-state index is 0.175. The smallest absolute Gasteiger partial charge is 0.322 e. The lowest BCUT2D eigenvalue weighted by Gasteiger charge is -2.34. The quantitative estimate of drug-likeness (QED) is 0.703. The third-order valence-electron chi connectivity index (χ3n) is 4.83. The molecule has 0 radical (unpaired) electrons. The molecular weight excluding hydrogens is 378 g/mol. The fourth-order valence-corrected chi connectivity index (χ4v) is 3.45. The minimum atomic E-state index is -0.665. The predicted octanol–water partition coefficient (Wildman–Crippen LogP) is 4.53. The van der Waals surface area contributed by atoms with Gasteiger partial charge in [0, 0.05) is 17.8 Å². The van der Waals surface area contributed by atoms with Gasteiger partial charge < -0.3 is 9.84 Å². The highest BCUT2D eigenvalue weighted by Crippen LogP contribution is 2.37. The molecule has 1 aliphatic heterocycles. The van der Waals surface area contributed by atoms with Crippen molar-refractivity contribution in [2.45, 2.75) is 19.9 Å². The summed E-state index contributed by atoms with van der Waals surface area (Å²) in [5.41, 5.74) is 2.20. The topological polar surface area (TPSA) is 71.3 Å². The largest absolute Gasteiger partial charge is 0.334 e. The zero-order chi connectivity index (χ0) is 20.5. The second-order valence-corrected chi connectivity index (χ2v) is 6.61.